The van der Waals surface area contributed by atoms with E-state index in [9.17, 15) is 4.79 Å². The number of methoxy groups -OCH3 is 1. The largest absolute Gasteiger partial charge is 0.465 e. The van der Waals surface area contributed by atoms with Crippen molar-refractivity contribution in [2.24, 2.45) is 0 Å². The summed E-state index contributed by atoms with van der Waals surface area (Å²) in [6.07, 6.45) is 2.87. The van der Waals surface area contributed by atoms with Gasteiger partial charge in [0.25, 0.3) is 0 Å². The van der Waals surface area contributed by atoms with Crippen LogP contribution in [0.25, 0.3) is 0 Å². The lowest BCUT2D eigenvalue weighted by molar-refractivity contribution is 0.0599. The molecule has 2 nitrogen and oxygen atoms in total. The summed E-state index contributed by atoms with van der Waals surface area (Å²) in [6.45, 7) is 0. The molecule has 0 saturated heterocycles. The minimum absolute atomic E-state index is 0.261. The Labute approximate surface area is 127 Å². The van der Waals surface area contributed by atoms with Crippen LogP contribution in [0.15, 0.2) is 53.0 Å². The summed E-state index contributed by atoms with van der Waals surface area (Å²) < 4.78 is 5.91. The zero-order valence-electron chi connectivity index (χ0n) is 11.4. The molecule has 3 heteroatoms. The minimum atomic E-state index is -0.261. The normalized spacial score (nSPS) is 10.3. The Morgan fingerprint density at radius 3 is 2.65 bits per heavy atom. The molecular weight excluding hydrogens is 316 g/mol. The summed E-state index contributed by atoms with van der Waals surface area (Å²) in [7, 11) is 1.42. The topological polar surface area (TPSA) is 26.3 Å². The maximum atomic E-state index is 11.7. The third-order valence-electron chi connectivity index (χ3n) is 3.22. The monoisotopic (exact) mass is 332 g/mol. The molecule has 0 fully saturated rings. The molecule has 0 bridgehead atoms. The number of carbonyl (C=O) groups excluding carboxylic acids is 1. The number of benzene rings is 2. The van der Waals surface area contributed by atoms with Crippen molar-refractivity contribution in [3.8, 4) is 0 Å². The molecule has 0 atom stereocenters. The van der Waals surface area contributed by atoms with Crippen LogP contribution in [0, 0.1) is 0 Å². The average molecular weight is 333 g/mol. The van der Waals surface area contributed by atoms with Crippen LogP contribution in [-0.2, 0) is 17.6 Å². The van der Waals surface area contributed by atoms with Gasteiger partial charge in [0.1, 0.15) is 0 Å². The average Bonchev–Trinajstić information content (AvgIpc) is 2.47. The van der Waals surface area contributed by atoms with Crippen molar-refractivity contribution in [3.05, 3.63) is 69.7 Å². The Hall–Kier alpha value is -1.61. The highest BCUT2D eigenvalue weighted by atomic mass is 79.9. The highest BCUT2D eigenvalue weighted by molar-refractivity contribution is 9.10. The summed E-state index contributed by atoms with van der Waals surface area (Å²) >= 11 is 3.48. The number of esters is 1. The molecule has 0 aliphatic heterocycles. The van der Waals surface area contributed by atoms with E-state index >= 15 is 0 Å². The summed E-state index contributed by atoms with van der Waals surface area (Å²) in [4.78, 5) is 11.7. The van der Waals surface area contributed by atoms with Gasteiger partial charge in [0.2, 0.25) is 0 Å². The molecule has 0 amide bonds. The first-order chi connectivity index (χ1) is 9.70. The molecule has 20 heavy (non-hydrogen) atoms. The maximum Gasteiger partial charge on any atom is 0.338 e. The number of hydrogen-bond donors (Lipinski definition) is 0. The molecule has 0 saturated carbocycles. The fourth-order valence-corrected chi connectivity index (χ4v) is 2.67. The molecular formula is C17H17BrO2. The van der Waals surface area contributed by atoms with Crippen LogP contribution in [0.1, 0.15) is 27.9 Å². The smallest absolute Gasteiger partial charge is 0.338 e. The lowest BCUT2D eigenvalue weighted by Crippen LogP contribution is -2.05. The van der Waals surface area contributed by atoms with Crippen LogP contribution in [0.4, 0.5) is 0 Å². The second-order valence-corrected chi connectivity index (χ2v) is 5.55. The van der Waals surface area contributed by atoms with Crippen molar-refractivity contribution in [2.45, 2.75) is 19.3 Å². The zero-order chi connectivity index (χ0) is 14.4. The van der Waals surface area contributed by atoms with E-state index in [2.05, 4.69) is 28.1 Å². The van der Waals surface area contributed by atoms with Gasteiger partial charge in [-0.2, -0.15) is 0 Å². The third-order valence-corrected chi connectivity index (χ3v) is 3.72. The van der Waals surface area contributed by atoms with Crippen molar-refractivity contribution in [1.29, 1.82) is 0 Å². The van der Waals surface area contributed by atoms with Gasteiger partial charge in [-0.15, -0.1) is 0 Å². The van der Waals surface area contributed by atoms with Crippen LogP contribution in [0.3, 0.4) is 0 Å². The molecule has 2 aromatic rings. The van der Waals surface area contributed by atoms with Gasteiger partial charge in [-0.3, -0.25) is 0 Å². The summed E-state index contributed by atoms with van der Waals surface area (Å²) in [5.74, 6) is -0.261. The van der Waals surface area contributed by atoms with Crippen LogP contribution in [-0.4, -0.2) is 13.1 Å². The van der Waals surface area contributed by atoms with E-state index in [0.717, 1.165) is 29.3 Å². The van der Waals surface area contributed by atoms with Gasteiger partial charge < -0.3 is 4.74 Å². The Bertz CT molecular complexity index is 593. The fraction of sp³-hybridized carbons (Fsp3) is 0.235. The van der Waals surface area contributed by atoms with E-state index < -0.39 is 0 Å². The van der Waals surface area contributed by atoms with E-state index in [-0.39, 0.29) is 5.97 Å². The Kier molecular flexibility index (Phi) is 5.36. The number of hydrogen-bond acceptors (Lipinski definition) is 2. The molecule has 0 heterocycles. The Morgan fingerprint density at radius 2 is 1.90 bits per heavy atom. The van der Waals surface area contributed by atoms with Gasteiger partial charge in [0.15, 0.2) is 0 Å². The second-order valence-electron chi connectivity index (χ2n) is 4.63. The van der Waals surface area contributed by atoms with E-state index in [4.69, 9.17) is 4.74 Å². The number of aryl methyl sites for hydroxylation is 2. The summed E-state index contributed by atoms with van der Waals surface area (Å²) in [5.41, 5.74) is 3.02. The lowest BCUT2D eigenvalue weighted by Gasteiger charge is -2.08. The zero-order valence-corrected chi connectivity index (χ0v) is 13.0. The summed E-state index contributed by atoms with van der Waals surface area (Å²) in [5, 5.41) is 0. The molecule has 0 spiro atoms. The van der Waals surface area contributed by atoms with Gasteiger partial charge in [-0.25, -0.2) is 4.79 Å². The van der Waals surface area contributed by atoms with E-state index in [0.29, 0.717) is 5.56 Å². The lowest BCUT2D eigenvalue weighted by atomic mass is 10.00. The number of carbonyl (C=O) groups is 1. The highest BCUT2D eigenvalue weighted by Gasteiger charge is 2.10. The molecule has 0 radical (unpaired) electrons. The molecule has 0 aliphatic rings. The van der Waals surface area contributed by atoms with E-state index in [1.54, 1.807) is 0 Å². The predicted octanol–water partition coefficient (Wildman–Crippen LogP) is 4.41. The fourth-order valence-electron chi connectivity index (χ4n) is 2.22. The SMILES string of the molecule is COC(=O)c1ccccc1CCCc1cccc(Br)c1. The quantitative estimate of drug-likeness (QED) is 0.758. The maximum absolute atomic E-state index is 11.7. The van der Waals surface area contributed by atoms with Crippen molar-refractivity contribution in [3.63, 3.8) is 0 Å². The van der Waals surface area contributed by atoms with E-state index in [1.165, 1.54) is 12.7 Å². The number of rotatable bonds is 5. The first-order valence-electron chi connectivity index (χ1n) is 6.61. The predicted molar refractivity (Wildman–Crippen MR) is 83.9 cm³/mol. The van der Waals surface area contributed by atoms with E-state index in [1.807, 2.05) is 36.4 Å². The van der Waals surface area contributed by atoms with Crippen LogP contribution in [0.5, 0.6) is 0 Å². The van der Waals surface area contributed by atoms with Gasteiger partial charge in [0.05, 0.1) is 12.7 Å². The number of ether oxygens (including phenoxy) is 1. The van der Waals surface area contributed by atoms with Gasteiger partial charge in [-0.1, -0.05) is 46.3 Å². The van der Waals surface area contributed by atoms with Crippen molar-refractivity contribution in [1.82, 2.24) is 0 Å². The first-order valence-corrected chi connectivity index (χ1v) is 7.40. The van der Waals surface area contributed by atoms with Gasteiger partial charge in [-0.05, 0) is 48.6 Å². The Morgan fingerprint density at radius 1 is 1.10 bits per heavy atom. The molecule has 0 aromatic heterocycles. The van der Waals surface area contributed by atoms with Crippen LogP contribution in [0.2, 0.25) is 0 Å². The molecule has 2 aromatic carbocycles. The first kappa shape index (κ1) is 14.8. The van der Waals surface area contributed by atoms with Crippen LogP contribution < -0.4 is 0 Å². The highest BCUT2D eigenvalue weighted by Crippen LogP contribution is 2.16. The molecule has 0 aliphatic carbocycles. The minimum Gasteiger partial charge on any atom is -0.465 e. The number of halogens is 1. The Balaban J connectivity index is 1.99. The second kappa shape index (κ2) is 7.25. The third kappa shape index (κ3) is 3.94. The summed E-state index contributed by atoms with van der Waals surface area (Å²) in [6, 6.07) is 16.0. The van der Waals surface area contributed by atoms with Crippen molar-refractivity contribution in [2.75, 3.05) is 7.11 Å². The molecule has 2 rings (SSSR count). The standard InChI is InChI=1S/C17H17BrO2/c1-20-17(19)16-11-3-2-8-14(16)9-4-6-13-7-5-10-15(18)12-13/h2-3,5,7-8,10-12H,4,6,9H2,1H3. The van der Waals surface area contributed by atoms with Gasteiger partial charge >= 0.3 is 5.97 Å². The van der Waals surface area contributed by atoms with Crippen LogP contribution >= 0.6 is 15.9 Å². The van der Waals surface area contributed by atoms with Crippen molar-refractivity contribution < 1.29 is 9.53 Å². The van der Waals surface area contributed by atoms with Gasteiger partial charge in [0, 0.05) is 4.47 Å². The molecule has 0 N–H and O–H groups in total. The van der Waals surface area contributed by atoms with Crippen molar-refractivity contribution >= 4 is 21.9 Å². The molecule has 0 unspecified atom stereocenters. The molecule has 104 valence electrons.